The highest BCUT2D eigenvalue weighted by Crippen LogP contribution is 2.32. The standard InChI is InChI=1S/C32H29N3O5/c1-4-39-29-13-9-8-12-28(29)35-31(37)27(30(36)33-32(35)38)19-24-18-21(2)34(22(24)3)25-14-16-26(17-15-25)40-20-23-10-6-5-7-11-23/h5-19H,4,20H2,1-3H3,(H,33,36,38)/b27-19+. The first kappa shape index (κ1) is 26.5. The average molecular weight is 536 g/mol. The molecule has 0 aliphatic carbocycles. The van der Waals surface area contributed by atoms with Gasteiger partial charge in [0.15, 0.2) is 0 Å². The van der Waals surface area contributed by atoms with Crippen LogP contribution in [0.5, 0.6) is 11.5 Å². The van der Waals surface area contributed by atoms with Crippen LogP contribution in [0.25, 0.3) is 11.8 Å². The van der Waals surface area contributed by atoms with E-state index in [1.54, 1.807) is 24.3 Å². The van der Waals surface area contributed by atoms with Gasteiger partial charge in [-0.25, -0.2) is 9.69 Å². The van der Waals surface area contributed by atoms with Gasteiger partial charge in [0.25, 0.3) is 11.8 Å². The van der Waals surface area contributed by atoms with Gasteiger partial charge < -0.3 is 14.0 Å². The molecule has 8 heteroatoms. The van der Waals surface area contributed by atoms with Crippen molar-refractivity contribution < 1.29 is 23.9 Å². The maximum atomic E-state index is 13.5. The minimum atomic E-state index is -0.820. The number of barbiturate groups is 1. The lowest BCUT2D eigenvalue weighted by Gasteiger charge is -2.27. The maximum Gasteiger partial charge on any atom is 0.336 e. The highest BCUT2D eigenvalue weighted by atomic mass is 16.5. The third-order valence-corrected chi connectivity index (χ3v) is 6.62. The summed E-state index contributed by atoms with van der Waals surface area (Å²) >= 11 is 0. The number of para-hydroxylation sites is 2. The highest BCUT2D eigenvalue weighted by molar-refractivity contribution is 6.39. The molecule has 1 aromatic heterocycles. The molecule has 8 nitrogen and oxygen atoms in total. The van der Waals surface area contributed by atoms with Gasteiger partial charge in [-0.15, -0.1) is 0 Å². The first-order valence-electron chi connectivity index (χ1n) is 13.0. The Bertz CT molecular complexity index is 1600. The Morgan fingerprint density at radius 1 is 0.850 bits per heavy atom. The van der Waals surface area contributed by atoms with Crippen LogP contribution in [0, 0.1) is 13.8 Å². The monoisotopic (exact) mass is 535 g/mol. The summed E-state index contributed by atoms with van der Waals surface area (Å²) in [5.41, 5.74) is 4.56. The van der Waals surface area contributed by atoms with Gasteiger partial charge in [0, 0.05) is 17.1 Å². The van der Waals surface area contributed by atoms with Crippen LogP contribution in [0.15, 0.2) is 90.5 Å². The number of amides is 4. The lowest BCUT2D eigenvalue weighted by molar-refractivity contribution is -0.122. The van der Waals surface area contributed by atoms with Crippen molar-refractivity contribution in [1.82, 2.24) is 9.88 Å². The molecule has 0 spiro atoms. The fourth-order valence-electron chi connectivity index (χ4n) is 4.71. The van der Waals surface area contributed by atoms with Crippen molar-refractivity contribution in [2.75, 3.05) is 11.5 Å². The number of hydrogen-bond acceptors (Lipinski definition) is 5. The number of nitrogens with one attached hydrogen (secondary N) is 1. The molecular formula is C32H29N3O5. The molecule has 1 N–H and O–H groups in total. The normalized spacial score (nSPS) is 14.4. The van der Waals surface area contributed by atoms with Gasteiger partial charge in [-0.1, -0.05) is 42.5 Å². The Kier molecular flexibility index (Phi) is 7.50. The molecule has 5 rings (SSSR count). The van der Waals surface area contributed by atoms with Crippen molar-refractivity contribution >= 4 is 29.6 Å². The maximum absolute atomic E-state index is 13.5. The molecule has 1 saturated heterocycles. The van der Waals surface area contributed by atoms with Crippen LogP contribution in [-0.2, 0) is 16.2 Å². The number of ether oxygens (including phenoxy) is 2. The Hall–Kier alpha value is -5.11. The lowest BCUT2D eigenvalue weighted by Crippen LogP contribution is -2.54. The average Bonchev–Trinajstić information content (AvgIpc) is 3.24. The second-order valence-electron chi connectivity index (χ2n) is 9.29. The summed E-state index contributed by atoms with van der Waals surface area (Å²) in [5, 5.41) is 2.28. The topological polar surface area (TPSA) is 89.9 Å². The summed E-state index contributed by atoms with van der Waals surface area (Å²) in [6, 6.07) is 25.5. The van der Waals surface area contributed by atoms with E-state index < -0.39 is 17.8 Å². The van der Waals surface area contributed by atoms with Crippen LogP contribution in [0.4, 0.5) is 10.5 Å². The van der Waals surface area contributed by atoms with Crippen LogP contribution in [0.3, 0.4) is 0 Å². The number of imide groups is 2. The number of hydrogen-bond donors (Lipinski definition) is 1. The van der Waals surface area contributed by atoms with E-state index in [4.69, 9.17) is 9.47 Å². The summed E-state index contributed by atoms with van der Waals surface area (Å²) in [7, 11) is 0. The molecule has 0 radical (unpaired) electrons. The van der Waals surface area contributed by atoms with E-state index in [2.05, 4.69) is 5.32 Å². The third-order valence-electron chi connectivity index (χ3n) is 6.62. The second-order valence-corrected chi connectivity index (χ2v) is 9.29. The molecule has 40 heavy (non-hydrogen) atoms. The number of aryl methyl sites for hydroxylation is 1. The molecule has 1 aliphatic heterocycles. The zero-order valence-electron chi connectivity index (χ0n) is 22.5. The molecule has 0 bridgehead atoms. The molecule has 0 atom stereocenters. The number of rotatable bonds is 8. The van der Waals surface area contributed by atoms with Crippen LogP contribution < -0.4 is 19.7 Å². The van der Waals surface area contributed by atoms with E-state index in [1.807, 2.05) is 86.0 Å². The minimum absolute atomic E-state index is 0.143. The molecular weight excluding hydrogens is 506 g/mol. The van der Waals surface area contributed by atoms with Gasteiger partial charge in [0.2, 0.25) is 0 Å². The fourth-order valence-corrected chi connectivity index (χ4v) is 4.71. The van der Waals surface area contributed by atoms with E-state index in [0.29, 0.717) is 24.5 Å². The van der Waals surface area contributed by atoms with Crippen molar-refractivity contribution in [3.63, 3.8) is 0 Å². The number of benzene rings is 3. The van der Waals surface area contributed by atoms with E-state index in [1.165, 1.54) is 6.08 Å². The Morgan fingerprint density at radius 3 is 2.27 bits per heavy atom. The van der Waals surface area contributed by atoms with Gasteiger partial charge >= 0.3 is 6.03 Å². The summed E-state index contributed by atoms with van der Waals surface area (Å²) in [6.07, 6.45) is 1.52. The highest BCUT2D eigenvalue weighted by Gasteiger charge is 2.38. The third kappa shape index (κ3) is 5.24. The number of aromatic nitrogens is 1. The number of carbonyl (C=O) groups is 3. The summed E-state index contributed by atoms with van der Waals surface area (Å²) in [4.78, 5) is 39.9. The van der Waals surface area contributed by atoms with Crippen LogP contribution in [-0.4, -0.2) is 29.0 Å². The van der Waals surface area contributed by atoms with Gasteiger partial charge in [-0.05, 0) is 80.4 Å². The van der Waals surface area contributed by atoms with Crippen molar-refractivity contribution in [3.8, 4) is 17.2 Å². The van der Waals surface area contributed by atoms with Crippen LogP contribution in [0.1, 0.15) is 29.4 Å². The number of anilines is 1. The second kappa shape index (κ2) is 11.3. The first-order valence-corrected chi connectivity index (χ1v) is 13.0. The van der Waals surface area contributed by atoms with Gasteiger partial charge in [0.1, 0.15) is 23.7 Å². The SMILES string of the molecule is CCOc1ccccc1N1C(=O)NC(=O)/C(=C\c2cc(C)n(-c3ccc(OCc4ccccc4)cc3)c2C)C1=O. The predicted octanol–water partition coefficient (Wildman–Crippen LogP) is 5.74. The smallest absolute Gasteiger partial charge is 0.336 e. The summed E-state index contributed by atoms with van der Waals surface area (Å²) in [5.74, 6) is -0.342. The van der Waals surface area contributed by atoms with Crippen LogP contribution in [0.2, 0.25) is 0 Å². The van der Waals surface area contributed by atoms with Crippen LogP contribution >= 0.6 is 0 Å². The van der Waals surface area contributed by atoms with E-state index in [0.717, 1.165) is 33.3 Å². The molecule has 0 unspecified atom stereocenters. The molecule has 1 fully saturated rings. The number of urea groups is 1. The Labute approximate surface area is 232 Å². The molecule has 202 valence electrons. The fraction of sp³-hybridized carbons (Fsp3) is 0.156. The molecule has 2 heterocycles. The number of carbonyl (C=O) groups excluding carboxylic acids is 3. The summed E-state index contributed by atoms with van der Waals surface area (Å²) in [6.45, 7) is 6.51. The molecule has 0 saturated carbocycles. The van der Waals surface area contributed by atoms with E-state index >= 15 is 0 Å². The van der Waals surface area contributed by atoms with Gasteiger partial charge in [-0.3, -0.25) is 14.9 Å². The first-order chi connectivity index (χ1) is 19.4. The van der Waals surface area contributed by atoms with Gasteiger partial charge in [-0.2, -0.15) is 0 Å². The molecule has 4 amide bonds. The predicted molar refractivity (Wildman–Crippen MR) is 153 cm³/mol. The molecule has 3 aromatic carbocycles. The van der Waals surface area contributed by atoms with E-state index in [9.17, 15) is 14.4 Å². The van der Waals surface area contributed by atoms with Crippen molar-refractivity contribution in [2.24, 2.45) is 0 Å². The quantitative estimate of drug-likeness (QED) is 0.230. The van der Waals surface area contributed by atoms with Crippen molar-refractivity contribution in [1.29, 1.82) is 0 Å². The van der Waals surface area contributed by atoms with Gasteiger partial charge in [0.05, 0.1) is 12.3 Å². The molecule has 1 aliphatic rings. The summed E-state index contributed by atoms with van der Waals surface area (Å²) < 4.78 is 13.6. The van der Waals surface area contributed by atoms with E-state index in [-0.39, 0.29) is 11.3 Å². The zero-order chi connectivity index (χ0) is 28.2. The minimum Gasteiger partial charge on any atom is -0.492 e. The Balaban J connectivity index is 1.42. The largest absolute Gasteiger partial charge is 0.492 e. The zero-order valence-corrected chi connectivity index (χ0v) is 22.5. The Morgan fingerprint density at radius 2 is 1.55 bits per heavy atom. The lowest BCUT2D eigenvalue weighted by atomic mass is 10.1. The van der Waals surface area contributed by atoms with Crippen molar-refractivity contribution in [2.45, 2.75) is 27.4 Å². The number of nitrogens with zero attached hydrogens (tertiary/aromatic N) is 2. The van der Waals surface area contributed by atoms with Crippen molar-refractivity contribution in [3.05, 3.63) is 113 Å². The molecule has 4 aromatic rings.